The lowest BCUT2D eigenvalue weighted by molar-refractivity contribution is 0.632. The molecule has 72 valence electrons. The van der Waals surface area contributed by atoms with Crippen LogP contribution in [0.5, 0.6) is 0 Å². The number of hydrogen-bond acceptors (Lipinski definition) is 2. The predicted molar refractivity (Wildman–Crippen MR) is 53.1 cm³/mol. The van der Waals surface area contributed by atoms with E-state index < -0.39 is 0 Å². The van der Waals surface area contributed by atoms with Gasteiger partial charge in [-0.3, -0.25) is 5.10 Å². The smallest absolute Gasteiger partial charge is 0.133 e. The number of nitrogens with two attached hydrogens (primary N) is 1. The zero-order valence-electron chi connectivity index (χ0n) is 7.71. The van der Waals surface area contributed by atoms with Crippen molar-refractivity contribution in [3.05, 3.63) is 35.9 Å². The highest BCUT2D eigenvalue weighted by molar-refractivity contribution is 5.67. The SMILES string of the molecule is Cc1[nH]ncc1-c1ccc(N)cc1F. The fourth-order valence-corrected chi connectivity index (χ4v) is 1.37. The molecule has 0 amide bonds. The minimum atomic E-state index is -0.325. The van der Waals surface area contributed by atoms with Gasteiger partial charge in [-0.15, -0.1) is 0 Å². The number of nitrogen functional groups attached to an aromatic ring is 1. The Morgan fingerprint density at radius 2 is 2.14 bits per heavy atom. The molecule has 14 heavy (non-hydrogen) atoms. The summed E-state index contributed by atoms with van der Waals surface area (Å²) < 4.78 is 13.5. The molecule has 0 unspecified atom stereocenters. The van der Waals surface area contributed by atoms with Gasteiger partial charge in [0.1, 0.15) is 5.82 Å². The normalized spacial score (nSPS) is 10.4. The number of nitrogens with zero attached hydrogens (tertiary/aromatic N) is 1. The van der Waals surface area contributed by atoms with Gasteiger partial charge < -0.3 is 5.73 Å². The number of anilines is 1. The van der Waals surface area contributed by atoms with E-state index in [1.54, 1.807) is 18.3 Å². The van der Waals surface area contributed by atoms with Gasteiger partial charge in [0.25, 0.3) is 0 Å². The maximum Gasteiger partial charge on any atom is 0.133 e. The number of hydrogen-bond donors (Lipinski definition) is 2. The zero-order valence-corrected chi connectivity index (χ0v) is 7.71. The number of nitrogens with one attached hydrogen (secondary N) is 1. The van der Waals surface area contributed by atoms with Gasteiger partial charge in [-0.1, -0.05) is 0 Å². The van der Waals surface area contributed by atoms with Crippen LogP contribution < -0.4 is 5.73 Å². The molecule has 2 aromatic rings. The first-order valence-electron chi connectivity index (χ1n) is 4.24. The molecular formula is C10H10FN3. The van der Waals surface area contributed by atoms with Gasteiger partial charge in [-0.25, -0.2) is 4.39 Å². The second-order valence-corrected chi connectivity index (χ2v) is 3.15. The first-order chi connectivity index (χ1) is 6.68. The average molecular weight is 191 g/mol. The molecule has 0 radical (unpaired) electrons. The molecule has 1 aromatic carbocycles. The van der Waals surface area contributed by atoms with Gasteiger partial charge >= 0.3 is 0 Å². The van der Waals surface area contributed by atoms with Crippen LogP contribution in [-0.2, 0) is 0 Å². The molecule has 0 saturated heterocycles. The molecule has 3 nitrogen and oxygen atoms in total. The first-order valence-corrected chi connectivity index (χ1v) is 4.24. The van der Waals surface area contributed by atoms with Crippen LogP contribution >= 0.6 is 0 Å². The van der Waals surface area contributed by atoms with Crippen molar-refractivity contribution in [1.82, 2.24) is 10.2 Å². The Bertz CT molecular complexity index is 462. The van der Waals surface area contributed by atoms with Crippen LogP contribution in [0.3, 0.4) is 0 Å². The van der Waals surface area contributed by atoms with E-state index in [9.17, 15) is 4.39 Å². The number of aromatic nitrogens is 2. The van der Waals surface area contributed by atoms with Gasteiger partial charge in [0.05, 0.1) is 6.20 Å². The number of aryl methyl sites for hydroxylation is 1. The second kappa shape index (κ2) is 3.14. The molecule has 1 aromatic heterocycles. The molecule has 0 aliphatic heterocycles. The molecule has 0 aliphatic rings. The highest BCUT2D eigenvalue weighted by atomic mass is 19.1. The van der Waals surface area contributed by atoms with Gasteiger partial charge in [-0.2, -0.15) is 5.10 Å². The van der Waals surface area contributed by atoms with E-state index >= 15 is 0 Å². The third-order valence-electron chi connectivity index (χ3n) is 2.11. The quantitative estimate of drug-likeness (QED) is 0.678. The lowest BCUT2D eigenvalue weighted by Crippen LogP contribution is -1.89. The summed E-state index contributed by atoms with van der Waals surface area (Å²) in [6.45, 7) is 1.85. The van der Waals surface area contributed by atoms with Crippen molar-refractivity contribution in [2.45, 2.75) is 6.92 Å². The maximum atomic E-state index is 13.5. The number of rotatable bonds is 1. The summed E-state index contributed by atoms with van der Waals surface area (Å²) in [5.74, 6) is -0.325. The summed E-state index contributed by atoms with van der Waals surface area (Å²) in [4.78, 5) is 0. The monoisotopic (exact) mass is 191 g/mol. The summed E-state index contributed by atoms with van der Waals surface area (Å²) in [5.41, 5.74) is 8.01. The highest BCUT2D eigenvalue weighted by Crippen LogP contribution is 2.25. The van der Waals surface area contributed by atoms with Crippen LogP contribution in [-0.4, -0.2) is 10.2 Å². The Labute approximate surface area is 80.8 Å². The number of aromatic amines is 1. The summed E-state index contributed by atoms with van der Waals surface area (Å²) in [5, 5.41) is 6.60. The molecule has 0 saturated carbocycles. The van der Waals surface area contributed by atoms with Gasteiger partial charge in [-0.05, 0) is 25.1 Å². The third kappa shape index (κ3) is 1.35. The topological polar surface area (TPSA) is 54.7 Å². The Morgan fingerprint density at radius 1 is 1.36 bits per heavy atom. The Morgan fingerprint density at radius 3 is 2.71 bits per heavy atom. The van der Waals surface area contributed by atoms with E-state index in [1.165, 1.54) is 6.07 Å². The first kappa shape index (κ1) is 8.74. The zero-order chi connectivity index (χ0) is 10.1. The van der Waals surface area contributed by atoms with Crippen molar-refractivity contribution in [1.29, 1.82) is 0 Å². The molecule has 0 aliphatic carbocycles. The largest absolute Gasteiger partial charge is 0.399 e. The van der Waals surface area contributed by atoms with Crippen molar-refractivity contribution in [2.75, 3.05) is 5.73 Å². The standard InChI is InChI=1S/C10H10FN3/c1-6-9(5-13-14-6)8-3-2-7(12)4-10(8)11/h2-5H,12H2,1H3,(H,13,14). The second-order valence-electron chi connectivity index (χ2n) is 3.15. The summed E-state index contributed by atoms with van der Waals surface area (Å²) in [6.07, 6.45) is 1.60. The molecule has 0 fully saturated rings. The van der Waals surface area contributed by atoms with E-state index in [2.05, 4.69) is 10.2 Å². The summed E-state index contributed by atoms with van der Waals surface area (Å²) in [7, 11) is 0. The minimum absolute atomic E-state index is 0.325. The Balaban J connectivity index is 2.58. The van der Waals surface area contributed by atoms with E-state index in [0.717, 1.165) is 11.3 Å². The van der Waals surface area contributed by atoms with Crippen molar-refractivity contribution in [3.8, 4) is 11.1 Å². The molecule has 3 N–H and O–H groups in total. The van der Waals surface area contributed by atoms with Crippen molar-refractivity contribution >= 4 is 5.69 Å². The third-order valence-corrected chi connectivity index (χ3v) is 2.11. The molecule has 0 atom stereocenters. The average Bonchev–Trinajstić information content (AvgIpc) is 2.52. The molecule has 1 heterocycles. The molecule has 0 spiro atoms. The van der Waals surface area contributed by atoms with Crippen LogP contribution in [0.1, 0.15) is 5.69 Å². The summed E-state index contributed by atoms with van der Waals surface area (Å²) in [6, 6.07) is 4.63. The fraction of sp³-hybridized carbons (Fsp3) is 0.100. The molecular weight excluding hydrogens is 181 g/mol. The van der Waals surface area contributed by atoms with Crippen molar-refractivity contribution < 1.29 is 4.39 Å². The highest BCUT2D eigenvalue weighted by Gasteiger charge is 2.08. The van der Waals surface area contributed by atoms with E-state index in [4.69, 9.17) is 5.73 Å². The van der Waals surface area contributed by atoms with E-state index in [1.807, 2.05) is 6.92 Å². The van der Waals surface area contributed by atoms with Crippen molar-refractivity contribution in [3.63, 3.8) is 0 Å². The lowest BCUT2D eigenvalue weighted by Gasteiger charge is -2.02. The number of benzene rings is 1. The fourth-order valence-electron chi connectivity index (χ4n) is 1.37. The summed E-state index contributed by atoms with van der Waals surface area (Å²) >= 11 is 0. The number of halogens is 1. The van der Waals surface area contributed by atoms with Crippen LogP contribution in [0.15, 0.2) is 24.4 Å². The van der Waals surface area contributed by atoms with Crippen LogP contribution in [0, 0.1) is 12.7 Å². The van der Waals surface area contributed by atoms with E-state index in [0.29, 0.717) is 11.3 Å². The van der Waals surface area contributed by atoms with Crippen LogP contribution in [0.2, 0.25) is 0 Å². The number of H-pyrrole nitrogens is 1. The minimum Gasteiger partial charge on any atom is -0.399 e. The van der Waals surface area contributed by atoms with Gasteiger partial charge in [0.2, 0.25) is 0 Å². The molecule has 0 bridgehead atoms. The molecule has 2 rings (SSSR count). The molecule has 4 heteroatoms. The van der Waals surface area contributed by atoms with Gasteiger partial charge in [0, 0.05) is 22.5 Å². The van der Waals surface area contributed by atoms with Crippen LogP contribution in [0.25, 0.3) is 11.1 Å². The maximum absolute atomic E-state index is 13.5. The lowest BCUT2D eigenvalue weighted by atomic mass is 10.1. The van der Waals surface area contributed by atoms with E-state index in [-0.39, 0.29) is 5.82 Å². The predicted octanol–water partition coefficient (Wildman–Crippen LogP) is 2.11. The Kier molecular flexibility index (Phi) is 1.96. The van der Waals surface area contributed by atoms with Gasteiger partial charge in [0.15, 0.2) is 0 Å². The van der Waals surface area contributed by atoms with Crippen molar-refractivity contribution in [2.24, 2.45) is 0 Å². The Hall–Kier alpha value is -1.84. The van der Waals surface area contributed by atoms with Crippen LogP contribution in [0.4, 0.5) is 10.1 Å².